The maximum Gasteiger partial charge on any atom is 0.0363 e. The van der Waals surface area contributed by atoms with Gasteiger partial charge in [-0.1, -0.05) is 19.8 Å². The van der Waals surface area contributed by atoms with Gasteiger partial charge < -0.3 is 9.88 Å². The average molecular weight is 246 g/mol. The van der Waals surface area contributed by atoms with Crippen LogP contribution in [0.25, 0.3) is 0 Å². The molecule has 18 heavy (non-hydrogen) atoms. The maximum atomic E-state index is 3.65. The Hall–Kier alpha value is -0.760. The average Bonchev–Trinajstić information content (AvgIpc) is 2.88. The van der Waals surface area contributed by atoms with Gasteiger partial charge in [0.25, 0.3) is 0 Å². The van der Waals surface area contributed by atoms with Crippen LogP contribution in [0.1, 0.15) is 57.1 Å². The van der Waals surface area contributed by atoms with Crippen molar-refractivity contribution < 1.29 is 0 Å². The van der Waals surface area contributed by atoms with Gasteiger partial charge in [0, 0.05) is 25.0 Å². The van der Waals surface area contributed by atoms with Crippen LogP contribution in [0.5, 0.6) is 0 Å². The Morgan fingerprint density at radius 2 is 2.06 bits per heavy atom. The summed E-state index contributed by atoms with van der Waals surface area (Å²) in [6, 6.07) is 2.94. The minimum atomic E-state index is 0.611. The molecule has 0 radical (unpaired) electrons. The molecule has 2 aliphatic carbocycles. The van der Waals surface area contributed by atoms with E-state index in [1.54, 1.807) is 0 Å². The zero-order valence-corrected chi connectivity index (χ0v) is 11.6. The number of nitrogens with one attached hydrogen (secondary N) is 1. The van der Waals surface area contributed by atoms with Crippen molar-refractivity contribution in [2.24, 2.45) is 11.8 Å². The Morgan fingerprint density at radius 3 is 2.72 bits per heavy atom. The number of hydrogen-bond acceptors (Lipinski definition) is 1. The Kier molecular flexibility index (Phi) is 3.74. The van der Waals surface area contributed by atoms with E-state index in [9.17, 15) is 0 Å². The summed E-state index contributed by atoms with van der Waals surface area (Å²) in [6.45, 7) is 4.53. The minimum Gasteiger partial charge on any atom is -0.354 e. The van der Waals surface area contributed by atoms with E-state index in [1.807, 2.05) is 0 Å². The molecular weight excluding hydrogens is 220 g/mol. The molecule has 2 fully saturated rings. The number of nitrogens with zero attached hydrogens (tertiary/aromatic N) is 1. The monoisotopic (exact) mass is 246 g/mol. The van der Waals surface area contributed by atoms with E-state index >= 15 is 0 Å². The summed E-state index contributed by atoms with van der Waals surface area (Å²) < 4.78 is 2.43. The molecule has 0 bridgehead atoms. The fraction of sp³-hybridized carbons (Fsp3) is 0.750. The first-order valence-corrected chi connectivity index (χ1v) is 7.76. The molecule has 1 aromatic heterocycles. The van der Waals surface area contributed by atoms with Gasteiger partial charge in [-0.05, 0) is 55.7 Å². The highest BCUT2D eigenvalue weighted by atomic mass is 15.0. The second kappa shape index (κ2) is 5.48. The van der Waals surface area contributed by atoms with Crippen molar-refractivity contribution in [2.75, 3.05) is 6.54 Å². The predicted molar refractivity (Wildman–Crippen MR) is 75.5 cm³/mol. The van der Waals surface area contributed by atoms with Crippen molar-refractivity contribution in [3.63, 3.8) is 0 Å². The van der Waals surface area contributed by atoms with Gasteiger partial charge in [-0.15, -0.1) is 0 Å². The molecule has 2 aliphatic rings. The SMILES string of the molecule is CCNC(c1ccn(CC2CCCC2)c1)C1CC1. The van der Waals surface area contributed by atoms with Crippen molar-refractivity contribution in [2.45, 2.75) is 58.0 Å². The quantitative estimate of drug-likeness (QED) is 0.809. The van der Waals surface area contributed by atoms with Crippen LogP contribution in [0, 0.1) is 11.8 Å². The van der Waals surface area contributed by atoms with Gasteiger partial charge in [0.1, 0.15) is 0 Å². The summed E-state index contributed by atoms with van der Waals surface area (Å²) in [5, 5.41) is 3.65. The van der Waals surface area contributed by atoms with Crippen LogP contribution in [-0.2, 0) is 6.54 Å². The van der Waals surface area contributed by atoms with Gasteiger partial charge in [-0.2, -0.15) is 0 Å². The molecule has 100 valence electrons. The molecule has 0 amide bonds. The molecule has 3 rings (SSSR count). The van der Waals surface area contributed by atoms with Crippen molar-refractivity contribution in [1.29, 1.82) is 0 Å². The van der Waals surface area contributed by atoms with Crippen molar-refractivity contribution in [3.8, 4) is 0 Å². The summed E-state index contributed by atoms with van der Waals surface area (Å²) in [5.74, 6) is 1.83. The summed E-state index contributed by atoms with van der Waals surface area (Å²) in [7, 11) is 0. The van der Waals surface area contributed by atoms with E-state index in [2.05, 4.69) is 35.3 Å². The lowest BCUT2D eigenvalue weighted by molar-refractivity contribution is 0.454. The van der Waals surface area contributed by atoms with Gasteiger partial charge in [0.05, 0.1) is 0 Å². The van der Waals surface area contributed by atoms with Crippen LogP contribution in [0.3, 0.4) is 0 Å². The fourth-order valence-corrected chi connectivity index (χ4v) is 3.45. The molecule has 0 saturated heterocycles. The van der Waals surface area contributed by atoms with Crippen LogP contribution in [-0.4, -0.2) is 11.1 Å². The highest BCUT2D eigenvalue weighted by Crippen LogP contribution is 2.41. The van der Waals surface area contributed by atoms with E-state index in [0.717, 1.165) is 18.4 Å². The minimum absolute atomic E-state index is 0.611. The number of rotatable bonds is 6. The Labute approximate surface area is 111 Å². The molecule has 1 unspecified atom stereocenters. The summed E-state index contributed by atoms with van der Waals surface area (Å²) in [5.41, 5.74) is 1.51. The fourth-order valence-electron chi connectivity index (χ4n) is 3.45. The van der Waals surface area contributed by atoms with Gasteiger partial charge in [-0.3, -0.25) is 0 Å². The largest absolute Gasteiger partial charge is 0.354 e. The molecular formula is C16H26N2. The lowest BCUT2D eigenvalue weighted by atomic mass is 10.1. The molecule has 0 aliphatic heterocycles. The summed E-state index contributed by atoms with van der Waals surface area (Å²) in [6.07, 6.45) is 13.3. The first-order valence-electron chi connectivity index (χ1n) is 7.76. The molecule has 2 nitrogen and oxygen atoms in total. The molecule has 1 atom stereocenters. The van der Waals surface area contributed by atoms with E-state index < -0.39 is 0 Å². The van der Waals surface area contributed by atoms with Crippen molar-refractivity contribution in [1.82, 2.24) is 9.88 Å². The van der Waals surface area contributed by atoms with Gasteiger partial charge in [-0.25, -0.2) is 0 Å². The van der Waals surface area contributed by atoms with Crippen LogP contribution >= 0.6 is 0 Å². The Morgan fingerprint density at radius 1 is 1.28 bits per heavy atom. The summed E-state index contributed by atoms with van der Waals surface area (Å²) >= 11 is 0. The molecule has 2 heteroatoms. The lowest BCUT2D eigenvalue weighted by Gasteiger charge is -2.16. The third-order valence-corrected chi connectivity index (χ3v) is 4.59. The third kappa shape index (κ3) is 2.80. The highest BCUT2D eigenvalue weighted by molar-refractivity contribution is 5.18. The van der Waals surface area contributed by atoms with Crippen LogP contribution in [0.15, 0.2) is 18.5 Å². The molecule has 0 aromatic carbocycles. The van der Waals surface area contributed by atoms with Crippen molar-refractivity contribution >= 4 is 0 Å². The van der Waals surface area contributed by atoms with Crippen molar-refractivity contribution in [3.05, 3.63) is 24.0 Å². The topological polar surface area (TPSA) is 17.0 Å². The standard InChI is InChI=1S/C16H26N2/c1-2-17-16(14-7-8-14)15-9-10-18(12-15)11-13-5-3-4-6-13/h9-10,12-14,16-17H,2-8,11H2,1H3. The molecule has 0 spiro atoms. The van der Waals surface area contributed by atoms with Gasteiger partial charge in [0.2, 0.25) is 0 Å². The van der Waals surface area contributed by atoms with Crippen LogP contribution < -0.4 is 5.32 Å². The zero-order valence-electron chi connectivity index (χ0n) is 11.6. The number of aromatic nitrogens is 1. The summed E-state index contributed by atoms with van der Waals surface area (Å²) in [4.78, 5) is 0. The second-order valence-electron chi connectivity index (χ2n) is 6.16. The lowest BCUT2D eigenvalue weighted by Crippen LogP contribution is -2.22. The molecule has 2 saturated carbocycles. The van der Waals surface area contributed by atoms with Crippen LogP contribution in [0.2, 0.25) is 0 Å². The van der Waals surface area contributed by atoms with E-state index in [1.165, 1.54) is 50.6 Å². The van der Waals surface area contributed by atoms with E-state index in [4.69, 9.17) is 0 Å². The van der Waals surface area contributed by atoms with E-state index in [-0.39, 0.29) is 0 Å². The van der Waals surface area contributed by atoms with Gasteiger partial charge in [0.15, 0.2) is 0 Å². The highest BCUT2D eigenvalue weighted by Gasteiger charge is 2.32. The normalized spacial score (nSPS) is 22.5. The molecule has 1 heterocycles. The Balaban J connectivity index is 1.63. The van der Waals surface area contributed by atoms with Gasteiger partial charge >= 0.3 is 0 Å². The first kappa shape index (κ1) is 12.3. The van der Waals surface area contributed by atoms with Crippen LogP contribution in [0.4, 0.5) is 0 Å². The first-order chi connectivity index (χ1) is 8.86. The third-order valence-electron chi connectivity index (χ3n) is 4.59. The molecule has 1 aromatic rings. The predicted octanol–water partition coefficient (Wildman–Crippen LogP) is 3.74. The van der Waals surface area contributed by atoms with E-state index in [0.29, 0.717) is 6.04 Å². The molecule has 1 N–H and O–H groups in total. The second-order valence-corrected chi connectivity index (χ2v) is 6.16. The smallest absolute Gasteiger partial charge is 0.0363 e. The number of hydrogen-bond donors (Lipinski definition) is 1. The zero-order chi connectivity index (χ0) is 12.4. The Bertz CT molecular complexity index is 372. The maximum absolute atomic E-state index is 3.65.